The number of rotatable bonds is 7. The summed E-state index contributed by atoms with van der Waals surface area (Å²) in [6, 6.07) is -3.84. The zero-order valence-electron chi connectivity index (χ0n) is 15.8. The molecule has 0 bridgehead atoms. The predicted molar refractivity (Wildman–Crippen MR) is 96.5 cm³/mol. The molecule has 2 aliphatic rings. The zero-order valence-corrected chi connectivity index (χ0v) is 15.8. The predicted octanol–water partition coefficient (Wildman–Crippen LogP) is -2.24. The van der Waals surface area contributed by atoms with Gasteiger partial charge in [0.15, 0.2) is 0 Å². The van der Waals surface area contributed by atoms with Gasteiger partial charge in [-0.15, -0.1) is 0 Å². The van der Waals surface area contributed by atoms with Gasteiger partial charge in [-0.1, -0.05) is 0 Å². The number of carbonyl (C=O) groups excluding carboxylic acids is 4. The number of aliphatic carboxylic acids is 1. The maximum Gasteiger partial charge on any atom is 0.326 e. The number of nitrogens with zero attached hydrogens (tertiary/aromatic N) is 2. The highest BCUT2D eigenvalue weighted by Crippen LogP contribution is 2.25. The maximum atomic E-state index is 13.0. The fourth-order valence-electron chi connectivity index (χ4n) is 3.67. The van der Waals surface area contributed by atoms with Gasteiger partial charge in [-0.2, -0.15) is 0 Å². The Morgan fingerprint density at radius 3 is 2.18 bits per heavy atom. The summed E-state index contributed by atoms with van der Waals surface area (Å²) in [5.74, 6) is -3.50. The smallest absolute Gasteiger partial charge is 0.326 e. The van der Waals surface area contributed by atoms with Crippen molar-refractivity contribution in [3.05, 3.63) is 0 Å². The third-order valence-corrected chi connectivity index (χ3v) is 5.08. The minimum atomic E-state index is -1.22. The molecule has 0 aromatic heterocycles. The molecule has 0 aromatic rings. The fourth-order valence-corrected chi connectivity index (χ4v) is 3.67. The molecule has 6 N–H and O–H groups in total. The Balaban J connectivity index is 2.17. The number of hydrogen-bond donors (Lipinski definition) is 4. The van der Waals surface area contributed by atoms with Crippen molar-refractivity contribution in [3.8, 4) is 0 Å². The van der Waals surface area contributed by atoms with Crippen LogP contribution in [-0.4, -0.2) is 81.8 Å². The van der Waals surface area contributed by atoms with E-state index in [1.165, 1.54) is 16.7 Å². The number of nitrogens with two attached hydrogens (primary N) is 2. The van der Waals surface area contributed by atoms with Crippen LogP contribution in [0.4, 0.5) is 0 Å². The summed E-state index contributed by atoms with van der Waals surface area (Å²) in [6.07, 6.45) is 1.47. The molecule has 4 unspecified atom stereocenters. The van der Waals surface area contributed by atoms with Crippen LogP contribution in [0, 0.1) is 0 Å². The van der Waals surface area contributed by atoms with Gasteiger partial charge in [-0.05, 0) is 32.6 Å². The monoisotopic (exact) mass is 397 g/mol. The Hall–Kier alpha value is -2.69. The molecule has 2 aliphatic heterocycles. The topological polar surface area (TPSA) is 176 Å². The van der Waals surface area contributed by atoms with E-state index in [9.17, 15) is 29.1 Å². The van der Waals surface area contributed by atoms with E-state index in [0.29, 0.717) is 32.2 Å². The molecule has 156 valence electrons. The average molecular weight is 397 g/mol. The van der Waals surface area contributed by atoms with Crippen LogP contribution in [0.3, 0.4) is 0 Å². The van der Waals surface area contributed by atoms with Gasteiger partial charge >= 0.3 is 5.97 Å². The van der Waals surface area contributed by atoms with Crippen LogP contribution >= 0.6 is 0 Å². The standard InChI is InChI=1S/C17H27N5O6/c1-9(18)14(24)20-10(8-13(19)23)15(25)21-6-2-4-11(21)16(26)22-7-3-5-12(22)17(27)28/h9-12H,2-8,18H2,1H3,(H2,19,23)(H,20,24)(H,27,28). The number of nitrogens with one attached hydrogen (secondary N) is 1. The highest BCUT2D eigenvalue weighted by Gasteiger charge is 2.43. The van der Waals surface area contributed by atoms with Crippen molar-refractivity contribution in [1.29, 1.82) is 0 Å². The molecule has 28 heavy (non-hydrogen) atoms. The molecule has 11 nitrogen and oxygen atoms in total. The molecule has 0 aliphatic carbocycles. The minimum absolute atomic E-state index is 0.268. The van der Waals surface area contributed by atoms with Crippen LogP contribution in [0.15, 0.2) is 0 Å². The Morgan fingerprint density at radius 2 is 1.64 bits per heavy atom. The number of primary amides is 1. The molecule has 2 heterocycles. The molecular formula is C17H27N5O6. The lowest BCUT2D eigenvalue weighted by atomic mass is 10.1. The van der Waals surface area contributed by atoms with E-state index in [1.54, 1.807) is 0 Å². The normalized spacial score (nSPS) is 23.9. The minimum Gasteiger partial charge on any atom is -0.480 e. The maximum absolute atomic E-state index is 13.0. The van der Waals surface area contributed by atoms with E-state index in [2.05, 4.69) is 5.32 Å². The lowest BCUT2D eigenvalue weighted by Gasteiger charge is -2.32. The summed E-state index contributed by atoms with van der Waals surface area (Å²) in [4.78, 5) is 63.1. The molecule has 0 radical (unpaired) electrons. The highest BCUT2D eigenvalue weighted by atomic mass is 16.4. The number of carboxylic acid groups (broad SMARTS) is 1. The summed E-state index contributed by atoms with van der Waals surface area (Å²) in [6.45, 7) is 2.02. The number of hydrogen-bond acceptors (Lipinski definition) is 6. The fraction of sp³-hybridized carbons (Fsp3) is 0.706. The van der Waals surface area contributed by atoms with Crippen LogP contribution in [0.25, 0.3) is 0 Å². The Labute approximate surface area is 162 Å². The number of amides is 4. The molecule has 4 atom stereocenters. The largest absolute Gasteiger partial charge is 0.480 e. The first-order chi connectivity index (χ1) is 13.1. The lowest BCUT2D eigenvalue weighted by molar-refractivity contribution is -0.152. The van der Waals surface area contributed by atoms with Crippen molar-refractivity contribution in [1.82, 2.24) is 15.1 Å². The van der Waals surface area contributed by atoms with Gasteiger partial charge in [0, 0.05) is 13.1 Å². The highest BCUT2D eigenvalue weighted by molar-refractivity contribution is 5.96. The van der Waals surface area contributed by atoms with Crippen molar-refractivity contribution in [2.24, 2.45) is 11.5 Å². The second-order valence-corrected chi connectivity index (χ2v) is 7.24. The Morgan fingerprint density at radius 1 is 1.07 bits per heavy atom. The molecule has 0 aromatic carbocycles. The van der Waals surface area contributed by atoms with Gasteiger partial charge in [0.1, 0.15) is 18.1 Å². The Bertz CT molecular complexity index is 666. The van der Waals surface area contributed by atoms with E-state index < -0.39 is 60.2 Å². The molecule has 2 saturated heterocycles. The second-order valence-electron chi connectivity index (χ2n) is 7.24. The first kappa shape index (κ1) is 21.6. The van der Waals surface area contributed by atoms with E-state index in [4.69, 9.17) is 11.5 Å². The van der Waals surface area contributed by atoms with Crippen molar-refractivity contribution in [2.75, 3.05) is 13.1 Å². The van der Waals surface area contributed by atoms with E-state index >= 15 is 0 Å². The van der Waals surface area contributed by atoms with Crippen molar-refractivity contribution < 1.29 is 29.1 Å². The summed E-state index contributed by atoms with van der Waals surface area (Å²) in [7, 11) is 0. The third kappa shape index (κ3) is 4.77. The first-order valence-electron chi connectivity index (χ1n) is 9.31. The third-order valence-electron chi connectivity index (χ3n) is 5.08. The van der Waals surface area contributed by atoms with Gasteiger partial charge in [-0.3, -0.25) is 19.2 Å². The van der Waals surface area contributed by atoms with E-state index in [-0.39, 0.29) is 6.54 Å². The van der Waals surface area contributed by atoms with Gasteiger partial charge in [0.2, 0.25) is 23.6 Å². The van der Waals surface area contributed by atoms with Crippen LogP contribution in [-0.2, 0) is 24.0 Å². The lowest BCUT2D eigenvalue weighted by Crippen LogP contribution is -2.57. The van der Waals surface area contributed by atoms with Crippen molar-refractivity contribution in [3.63, 3.8) is 0 Å². The number of likely N-dealkylation sites (tertiary alicyclic amines) is 2. The van der Waals surface area contributed by atoms with Gasteiger partial charge < -0.3 is 31.7 Å². The summed E-state index contributed by atoms with van der Waals surface area (Å²) < 4.78 is 0. The summed E-state index contributed by atoms with van der Waals surface area (Å²) >= 11 is 0. The molecule has 0 spiro atoms. The van der Waals surface area contributed by atoms with E-state index in [1.807, 2.05) is 0 Å². The van der Waals surface area contributed by atoms with Crippen molar-refractivity contribution in [2.45, 2.75) is 63.2 Å². The molecular weight excluding hydrogens is 370 g/mol. The summed E-state index contributed by atoms with van der Waals surface area (Å²) in [5.41, 5.74) is 10.7. The van der Waals surface area contributed by atoms with Crippen LogP contribution in [0.5, 0.6) is 0 Å². The molecule has 11 heteroatoms. The van der Waals surface area contributed by atoms with Gasteiger partial charge in [0.05, 0.1) is 12.5 Å². The zero-order chi connectivity index (χ0) is 21.0. The number of carboxylic acids is 1. The van der Waals surface area contributed by atoms with Crippen LogP contribution in [0.2, 0.25) is 0 Å². The quantitative estimate of drug-likeness (QED) is 0.375. The van der Waals surface area contributed by atoms with E-state index in [0.717, 1.165) is 0 Å². The van der Waals surface area contributed by atoms with Crippen LogP contribution in [0.1, 0.15) is 39.0 Å². The second kappa shape index (κ2) is 9.00. The van der Waals surface area contributed by atoms with Crippen molar-refractivity contribution >= 4 is 29.6 Å². The molecule has 2 rings (SSSR count). The first-order valence-corrected chi connectivity index (χ1v) is 9.31. The average Bonchev–Trinajstić information content (AvgIpc) is 3.28. The SMILES string of the molecule is CC(N)C(=O)NC(CC(N)=O)C(=O)N1CCCC1C(=O)N1CCCC1C(=O)O. The molecule has 0 saturated carbocycles. The Kier molecular flexibility index (Phi) is 6.95. The molecule has 2 fully saturated rings. The summed E-state index contributed by atoms with van der Waals surface area (Å²) in [5, 5.41) is 11.7. The number of carbonyl (C=O) groups is 5. The van der Waals surface area contributed by atoms with Gasteiger partial charge in [-0.25, -0.2) is 4.79 Å². The van der Waals surface area contributed by atoms with Crippen LogP contribution < -0.4 is 16.8 Å². The molecule has 4 amide bonds. The van der Waals surface area contributed by atoms with Gasteiger partial charge in [0.25, 0.3) is 0 Å².